The largest absolute Gasteiger partial charge is 0.481 e. The third-order valence-corrected chi connectivity index (χ3v) is 2.29. The van der Waals surface area contributed by atoms with Crippen LogP contribution in [0.5, 0.6) is 0 Å². The van der Waals surface area contributed by atoms with E-state index in [0.717, 1.165) is 6.07 Å². The third kappa shape index (κ3) is 3.32. The molecule has 0 bridgehead atoms. The Bertz CT molecular complexity index is 470. The van der Waals surface area contributed by atoms with Crippen molar-refractivity contribution in [1.82, 2.24) is 0 Å². The summed E-state index contributed by atoms with van der Waals surface area (Å²) in [6.07, 6.45) is -6.76. The van der Waals surface area contributed by atoms with Crippen LogP contribution in [0.25, 0.3) is 0 Å². The molecule has 0 aliphatic heterocycles. The lowest BCUT2D eigenvalue weighted by molar-refractivity contribution is -0.151. The second-order valence-electron chi connectivity index (χ2n) is 3.46. The first-order valence-electron chi connectivity index (χ1n) is 4.51. The highest BCUT2D eigenvalue weighted by Crippen LogP contribution is 2.42. The van der Waals surface area contributed by atoms with Gasteiger partial charge in [-0.3, -0.25) is 4.79 Å². The molecule has 0 aliphatic carbocycles. The van der Waals surface area contributed by atoms with E-state index in [1.807, 2.05) is 0 Å². The van der Waals surface area contributed by atoms with Crippen molar-refractivity contribution in [2.45, 2.75) is 18.5 Å². The van der Waals surface area contributed by atoms with Gasteiger partial charge in [0.05, 0.1) is 5.56 Å². The molecule has 8 heteroatoms. The molecular formula is C10H6ClF5O2. The van der Waals surface area contributed by atoms with Gasteiger partial charge in [-0.15, -0.1) is 0 Å². The zero-order valence-corrected chi connectivity index (χ0v) is 9.32. The van der Waals surface area contributed by atoms with Gasteiger partial charge in [0.25, 0.3) is 5.92 Å². The summed E-state index contributed by atoms with van der Waals surface area (Å²) in [6.45, 7) is 0. The average molecular weight is 289 g/mol. The normalized spacial score (nSPS) is 12.6. The minimum atomic E-state index is -5.04. The highest BCUT2D eigenvalue weighted by Gasteiger charge is 2.44. The van der Waals surface area contributed by atoms with Crippen LogP contribution in [-0.4, -0.2) is 11.1 Å². The van der Waals surface area contributed by atoms with Crippen LogP contribution in [0.4, 0.5) is 22.0 Å². The first kappa shape index (κ1) is 14.7. The minimum Gasteiger partial charge on any atom is -0.481 e. The summed E-state index contributed by atoms with van der Waals surface area (Å²) in [5.74, 6) is -6.02. The number of alkyl halides is 5. The van der Waals surface area contributed by atoms with Crippen LogP contribution in [0.1, 0.15) is 17.5 Å². The van der Waals surface area contributed by atoms with Gasteiger partial charge in [-0.2, -0.15) is 13.2 Å². The predicted molar refractivity (Wildman–Crippen MR) is 52.6 cm³/mol. The first-order valence-corrected chi connectivity index (χ1v) is 4.88. The number of hydrogen-bond donors (Lipinski definition) is 1. The molecule has 0 unspecified atom stereocenters. The van der Waals surface area contributed by atoms with Gasteiger partial charge in [0.1, 0.15) is 6.42 Å². The zero-order valence-electron chi connectivity index (χ0n) is 8.56. The van der Waals surface area contributed by atoms with E-state index in [2.05, 4.69) is 0 Å². The fourth-order valence-corrected chi connectivity index (χ4v) is 1.53. The molecule has 0 atom stereocenters. The molecule has 1 aromatic carbocycles. The van der Waals surface area contributed by atoms with Crippen LogP contribution < -0.4 is 0 Å². The van der Waals surface area contributed by atoms with Gasteiger partial charge < -0.3 is 5.11 Å². The number of benzene rings is 1. The quantitative estimate of drug-likeness (QED) is 0.856. The Kier molecular flexibility index (Phi) is 3.85. The maximum atomic E-state index is 13.4. The van der Waals surface area contributed by atoms with Crippen molar-refractivity contribution in [2.24, 2.45) is 0 Å². The molecule has 100 valence electrons. The number of rotatable bonds is 3. The standard InChI is InChI=1S/C10H6ClF5O2/c11-5-1-2-6(7(3-5)10(14,15)16)9(12,13)4-8(17)18/h1-3H,4H2,(H,17,18). The van der Waals surface area contributed by atoms with E-state index < -0.39 is 35.6 Å². The maximum absolute atomic E-state index is 13.4. The van der Waals surface area contributed by atoms with Gasteiger partial charge >= 0.3 is 12.1 Å². The smallest absolute Gasteiger partial charge is 0.416 e. The lowest BCUT2D eigenvalue weighted by Gasteiger charge is -2.20. The molecule has 0 spiro atoms. The molecule has 0 heterocycles. The second-order valence-corrected chi connectivity index (χ2v) is 3.90. The fourth-order valence-electron chi connectivity index (χ4n) is 1.36. The summed E-state index contributed by atoms with van der Waals surface area (Å²) in [5, 5.41) is 7.91. The average Bonchev–Trinajstić information content (AvgIpc) is 2.13. The number of hydrogen-bond acceptors (Lipinski definition) is 1. The Labute approximate surface area is 103 Å². The molecule has 1 rings (SSSR count). The number of carboxylic acid groups (broad SMARTS) is 1. The van der Waals surface area contributed by atoms with Crippen LogP contribution in [0.2, 0.25) is 5.02 Å². The minimum absolute atomic E-state index is 0.340. The van der Waals surface area contributed by atoms with E-state index in [9.17, 15) is 26.7 Å². The molecule has 0 aromatic heterocycles. The van der Waals surface area contributed by atoms with E-state index in [-0.39, 0.29) is 5.02 Å². The SMILES string of the molecule is O=C(O)CC(F)(F)c1ccc(Cl)cc1C(F)(F)F. The number of carboxylic acids is 1. The van der Waals surface area contributed by atoms with E-state index in [4.69, 9.17) is 16.7 Å². The fraction of sp³-hybridized carbons (Fsp3) is 0.300. The molecule has 0 saturated heterocycles. The van der Waals surface area contributed by atoms with Gasteiger partial charge in [0, 0.05) is 10.6 Å². The maximum Gasteiger partial charge on any atom is 0.416 e. The van der Waals surface area contributed by atoms with E-state index in [0.29, 0.717) is 12.1 Å². The summed E-state index contributed by atoms with van der Waals surface area (Å²) < 4.78 is 64.5. The van der Waals surface area contributed by atoms with Crippen LogP contribution in [0, 0.1) is 0 Å². The monoisotopic (exact) mass is 288 g/mol. The number of carbonyl (C=O) groups is 1. The summed E-state index contributed by atoms with van der Waals surface area (Å²) in [7, 11) is 0. The zero-order chi connectivity index (χ0) is 14.1. The van der Waals surface area contributed by atoms with E-state index >= 15 is 0 Å². The summed E-state index contributed by atoms with van der Waals surface area (Å²) >= 11 is 5.32. The Balaban J connectivity index is 3.36. The molecule has 1 aromatic rings. The van der Waals surface area contributed by atoms with Crippen molar-refractivity contribution in [2.75, 3.05) is 0 Å². The van der Waals surface area contributed by atoms with E-state index in [1.54, 1.807) is 0 Å². The molecule has 0 radical (unpaired) electrons. The summed E-state index contributed by atoms with van der Waals surface area (Å²) in [5.41, 5.74) is -3.04. The van der Waals surface area contributed by atoms with Crippen molar-refractivity contribution in [3.05, 3.63) is 34.3 Å². The highest BCUT2D eigenvalue weighted by atomic mass is 35.5. The van der Waals surface area contributed by atoms with Gasteiger partial charge in [-0.05, 0) is 12.1 Å². The predicted octanol–water partition coefficient (Wildman–Crippen LogP) is 3.93. The van der Waals surface area contributed by atoms with Crippen molar-refractivity contribution in [1.29, 1.82) is 0 Å². The molecule has 0 saturated carbocycles. The topological polar surface area (TPSA) is 37.3 Å². The molecule has 0 aliphatic rings. The number of aliphatic carboxylic acids is 1. The highest BCUT2D eigenvalue weighted by molar-refractivity contribution is 6.30. The van der Waals surface area contributed by atoms with Crippen LogP contribution in [0.3, 0.4) is 0 Å². The third-order valence-electron chi connectivity index (χ3n) is 2.05. The molecule has 1 N–H and O–H groups in total. The number of halogens is 6. The van der Waals surface area contributed by atoms with Gasteiger partial charge in [-0.25, -0.2) is 8.78 Å². The summed E-state index contributed by atoms with van der Waals surface area (Å²) in [6, 6.07) is 1.67. The Morgan fingerprint density at radius 1 is 1.17 bits per heavy atom. The van der Waals surface area contributed by atoms with Crippen LogP contribution in [-0.2, 0) is 16.9 Å². The molecular weight excluding hydrogens is 283 g/mol. The Hall–Kier alpha value is -1.37. The molecule has 0 amide bonds. The van der Waals surface area contributed by atoms with Crippen LogP contribution >= 0.6 is 11.6 Å². The lowest BCUT2D eigenvalue weighted by atomic mass is 9.99. The Morgan fingerprint density at radius 2 is 1.72 bits per heavy atom. The van der Waals surface area contributed by atoms with Gasteiger partial charge in [0.15, 0.2) is 0 Å². The van der Waals surface area contributed by atoms with Crippen molar-refractivity contribution in [3.8, 4) is 0 Å². The van der Waals surface area contributed by atoms with Crippen molar-refractivity contribution >= 4 is 17.6 Å². The van der Waals surface area contributed by atoms with Crippen LogP contribution in [0.15, 0.2) is 18.2 Å². The molecule has 0 fully saturated rings. The Morgan fingerprint density at radius 3 is 2.17 bits per heavy atom. The lowest BCUT2D eigenvalue weighted by Crippen LogP contribution is -2.23. The van der Waals surface area contributed by atoms with Gasteiger partial charge in [0.2, 0.25) is 0 Å². The van der Waals surface area contributed by atoms with Gasteiger partial charge in [-0.1, -0.05) is 17.7 Å². The van der Waals surface area contributed by atoms with Crippen molar-refractivity contribution in [3.63, 3.8) is 0 Å². The molecule has 18 heavy (non-hydrogen) atoms. The second kappa shape index (κ2) is 4.72. The summed E-state index contributed by atoms with van der Waals surface area (Å²) in [4.78, 5) is 10.2. The molecule has 2 nitrogen and oxygen atoms in total. The van der Waals surface area contributed by atoms with E-state index in [1.165, 1.54) is 0 Å². The van der Waals surface area contributed by atoms with Crippen molar-refractivity contribution < 1.29 is 31.9 Å². The first-order chi connectivity index (χ1) is 8.04.